The van der Waals surface area contributed by atoms with Gasteiger partial charge in [-0.25, -0.2) is 12.8 Å². The lowest BCUT2D eigenvalue weighted by Crippen LogP contribution is -2.54. The minimum Gasteiger partial charge on any atom is -0.412 e. The summed E-state index contributed by atoms with van der Waals surface area (Å²) in [6.45, 7) is 25.4. The zero-order chi connectivity index (χ0) is 22.3. The second-order valence-corrected chi connectivity index (χ2v) is 22.8. The van der Waals surface area contributed by atoms with Gasteiger partial charge in [0.2, 0.25) is 0 Å². The fourth-order valence-electron chi connectivity index (χ4n) is 2.01. The third-order valence-corrected chi connectivity index (χ3v) is 18.4. The van der Waals surface area contributed by atoms with Crippen molar-refractivity contribution < 1.29 is 12.8 Å². The Morgan fingerprint density at radius 1 is 1.07 bits per heavy atom. The number of nitrogens with zero attached hydrogens (tertiary/aromatic N) is 2. The molecule has 0 bridgehead atoms. The van der Waals surface area contributed by atoms with Gasteiger partial charge < -0.3 is 4.43 Å². The molecule has 0 aromatic carbocycles. The second-order valence-electron chi connectivity index (χ2n) is 11.1. The van der Waals surface area contributed by atoms with E-state index >= 15 is 0 Å². The van der Waals surface area contributed by atoms with Crippen molar-refractivity contribution in [1.29, 1.82) is 0 Å². The van der Waals surface area contributed by atoms with Gasteiger partial charge in [0.1, 0.15) is 8.24 Å². The van der Waals surface area contributed by atoms with Crippen LogP contribution in [0.4, 0.5) is 0 Å². The average Bonchev–Trinajstić information content (AvgIpc) is 2.87. The Kier molecular flexibility index (Phi) is 7.28. The van der Waals surface area contributed by atoms with Crippen molar-refractivity contribution in [2.24, 2.45) is 0 Å². The Hall–Kier alpha value is -0.486. The highest BCUT2D eigenvalue weighted by Crippen LogP contribution is 2.38. The van der Waals surface area contributed by atoms with E-state index in [9.17, 15) is 8.42 Å². The first kappa shape index (κ1) is 25.6. The monoisotopic (exact) mass is 447 g/mol. The molecule has 0 unspecified atom stereocenters. The largest absolute Gasteiger partial charge is 0.412 e. The molecule has 9 heteroatoms. The molecule has 0 saturated carbocycles. The standard InChI is InChI=1S/C19H41N3O3SSi2/c1-15(2)22-13-16(14-25-28(11,12)19(6,7)8)17(20-22)26(23,24)21-27(9,10)18(3,4)5/h13,15,21H,14H2,1-12H3. The highest BCUT2D eigenvalue weighted by atomic mass is 32.2. The zero-order valence-corrected chi connectivity index (χ0v) is 22.7. The summed E-state index contributed by atoms with van der Waals surface area (Å²) >= 11 is 0. The highest BCUT2D eigenvalue weighted by Gasteiger charge is 2.41. The Labute approximate surface area is 174 Å². The first-order valence-corrected chi connectivity index (χ1v) is 17.4. The molecule has 0 amide bonds. The van der Waals surface area contributed by atoms with Gasteiger partial charge in [0.05, 0.1) is 6.61 Å². The molecular weight excluding hydrogens is 406 g/mol. The molecule has 0 aliphatic carbocycles. The van der Waals surface area contributed by atoms with Gasteiger partial charge in [-0.2, -0.15) is 5.10 Å². The summed E-state index contributed by atoms with van der Waals surface area (Å²) in [5.41, 5.74) is 0.629. The summed E-state index contributed by atoms with van der Waals surface area (Å²) in [5, 5.41) is 4.48. The number of nitrogens with one attached hydrogen (secondary N) is 1. The fraction of sp³-hybridized carbons (Fsp3) is 0.842. The molecule has 0 radical (unpaired) electrons. The van der Waals surface area contributed by atoms with E-state index in [1.807, 2.05) is 33.1 Å². The normalized spacial score (nSPS) is 14.8. The lowest BCUT2D eigenvalue weighted by Gasteiger charge is -2.37. The maximum atomic E-state index is 13.3. The van der Waals surface area contributed by atoms with Crippen LogP contribution in [0.25, 0.3) is 0 Å². The van der Waals surface area contributed by atoms with Crippen LogP contribution >= 0.6 is 0 Å². The predicted octanol–water partition coefficient (Wildman–Crippen LogP) is 5.27. The molecule has 6 nitrogen and oxygen atoms in total. The summed E-state index contributed by atoms with van der Waals surface area (Å²) in [4.78, 5) is 0. The molecule has 0 atom stereocenters. The van der Waals surface area contributed by atoms with Crippen molar-refractivity contribution in [2.75, 3.05) is 0 Å². The van der Waals surface area contributed by atoms with E-state index in [1.165, 1.54) is 0 Å². The molecule has 1 N–H and O–H groups in total. The topological polar surface area (TPSA) is 73.2 Å². The molecule has 0 aliphatic heterocycles. The third kappa shape index (κ3) is 5.78. The van der Waals surface area contributed by atoms with Gasteiger partial charge in [0, 0.05) is 17.8 Å². The number of rotatable bonds is 7. The van der Waals surface area contributed by atoms with Crippen LogP contribution in [-0.4, -0.2) is 34.8 Å². The van der Waals surface area contributed by atoms with E-state index in [-0.39, 0.29) is 27.8 Å². The Balaban J connectivity index is 3.32. The van der Waals surface area contributed by atoms with E-state index < -0.39 is 26.6 Å². The summed E-state index contributed by atoms with van der Waals surface area (Å²) < 4.78 is 37.6. The molecule has 28 heavy (non-hydrogen) atoms. The van der Waals surface area contributed by atoms with E-state index in [0.717, 1.165) is 0 Å². The smallest absolute Gasteiger partial charge is 0.254 e. The predicted molar refractivity (Wildman–Crippen MR) is 122 cm³/mol. The summed E-state index contributed by atoms with van der Waals surface area (Å²) in [7, 11) is -8.01. The van der Waals surface area contributed by atoms with E-state index in [4.69, 9.17) is 4.43 Å². The minimum atomic E-state index is -3.73. The SMILES string of the molecule is CC(C)n1cc(CO[Si](C)(C)C(C)(C)C)c(S(=O)(=O)N[Si](C)(C)C(C)(C)C)n1. The lowest BCUT2D eigenvalue weighted by molar-refractivity contribution is 0.273. The maximum absolute atomic E-state index is 13.3. The maximum Gasteiger partial charge on any atom is 0.254 e. The van der Waals surface area contributed by atoms with Crippen molar-refractivity contribution in [3.63, 3.8) is 0 Å². The zero-order valence-electron chi connectivity index (χ0n) is 19.9. The van der Waals surface area contributed by atoms with Crippen molar-refractivity contribution in [3.8, 4) is 0 Å². The summed E-state index contributed by atoms with van der Waals surface area (Å²) in [6, 6.07) is 0.0726. The van der Waals surface area contributed by atoms with Gasteiger partial charge in [-0.05, 0) is 37.0 Å². The van der Waals surface area contributed by atoms with Gasteiger partial charge in [0.15, 0.2) is 13.3 Å². The van der Waals surface area contributed by atoms with E-state index in [0.29, 0.717) is 5.56 Å². The molecule has 0 aliphatic rings. The second kappa shape index (κ2) is 7.98. The van der Waals surface area contributed by atoms with E-state index in [1.54, 1.807) is 4.68 Å². The molecule has 0 spiro atoms. The number of sulfonamides is 1. The molecule has 1 heterocycles. The quantitative estimate of drug-likeness (QED) is 0.578. The lowest BCUT2D eigenvalue weighted by atomic mass is 10.2. The number of hydrogen-bond acceptors (Lipinski definition) is 4. The summed E-state index contributed by atoms with van der Waals surface area (Å²) in [6.07, 6.45) is 1.82. The Morgan fingerprint density at radius 2 is 1.57 bits per heavy atom. The van der Waals surface area contributed by atoms with Gasteiger partial charge in [-0.3, -0.25) is 4.68 Å². The van der Waals surface area contributed by atoms with E-state index in [2.05, 4.69) is 64.1 Å². The van der Waals surface area contributed by atoms with Crippen molar-refractivity contribution in [1.82, 2.24) is 14.2 Å². The average molecular weight is 448 g/mol. The van der Waals surface area contributed by atoms with Gasteiger partial charge >= 0.3 is 0 Å². The van der Waals surface area contributed by atoms with Crippen LogP contribution < -0.4 is 4.39 Å². The molecule has 1 aromatic rings. The highest BCUT2D eigenvalue weighted by molar-refractivity contribution is 7.91. The molecule has 0 fully saturated rings. The summed E-state index contributed by atoms with van der Waals surface area (Å²) in [5.74, 6) is 0. The molecule has 1 aromatic heterocycles. The van der Waals surface area contributed by atoms with Crippen LogP contribution in [-0.2, 0) is 21.1 Å². The number of aromatic nitrogens is 2. The van der Waals surface area contributed by atoms with Crippen LogP contribution in [0.1, 0.15) is 67.0 Å². The molecular formula is C19H41N3O3SSi2. The van der Waals surface area contributed by atoms with Crippen molar-refractivity contribution >= 4 is 26.6 Å². The van der Waals surface area contributed by atoms with Gasteiger partial charge in [-0.15, -0.1) is 0 Å². The first-order chi connectivity index (χ1) is 12.2. The van der Waals surface area contributed by atoms with Crippen molar-refractivity contribution in [2.45, 2.75) is 109 Å². The van der Waals surface area contributed by atoms with Gasteiger partial charge in [0.25, 0.3) is 10.0 Å². The minimum absolute atomic E-state index is 0.0550. The third-order valence-electron chi connectivity index (χ3n) is 6.21. The molecule has 0 saturated heterocycles. The van der Waals surface area contributed by atoms with Gasteiger partial charge in [-0.1, -0.05) is 54.6 Å². The molecule has 164 valence electrons. The van der Waals surface area contributed by atoms with Crippen molar-refractivity contribution in [3.05, 3.63) is 11.8 Å². The Bertz CT molecular complexity index is 786. The van der Waals surface area contributed by atoms with Crippen LogP contribution in [0, 0.1) is 0 Å². The number of hydrogen-bond donors (Lipinski definition) is 1. The Morgan fingerprint density at radius 3 is 1.96 bits per heavy atom. The fourth-order valence-corrected chi connectivity index (χ4v) is 7.92. The van der Waals surface area contributed by atoms with Crippen LogP contribution in [0.2, 0.25) is 36.3 Å². The molecule has 1 rings (SSSR count). The van der Waals surface area contributed by atoms with Crippen LogP contribution in [0.15, 0.2) is 11.2 Å². The first-order valence-electron chi connectivity index (χ1n) is 9.97. The van der Waals surface area contributed by atoms with Crippen LogP contribution in [0.5, 0.6) is 0 Å². The van der Waals surface area contributed by atoms with Crippen LogP contribution in [0.3, 0.4) is 0 Å².